The predicted molar refractivity (Wildman–Crippen MR) is 49.4 cm³/mol. The summed E-state index contributed by atoms with van der Waals surface area (Å²) in [5, 5.41) is 0.583. The standard InChI is InChI=1S/C7H6BrF.BrH/c8-5-6-3-1-2-4-7(6)9;/h1-4H,5H2;1H. The van der Waals surface area contributed by atoms with E-state index >= 15 is 0 Å². The zero-order valence-corrected chi connectivity index (χ0v) is 8.48. The molecule has 0 saturated carbocycles. The molecule has 0 aliphatic heterocycles. The Morgan fingerprint density at radius 1 is 1.30 bits per heavy atom. The molecule has 0 atom stereocenters. The highest BCUT2D eigenvalue weighted by Crippen LogP contribution is 2.09. The highest BCUT2D eigenvalue weighted by atomic mass is 79.9. The van der Waals surface area contributed by atoms with Crippen molar-refractivity contribution in [3.8, 4) is 0 Å². The van der Waals surface area contributed by atoms with Crippen LogP contribution in [0.2, 0.25) is 0 Å². The number of hydrogen-bond acceptors (Lipinski definition) is 0. The fourth-order valence-electron chi connectivity index (χ4n) is 0.607. The van der Waals surface area contributed by atoms with Crippen molar-refractivity contribution in [3.05, 3.63) is 35.6 Å². The molecule has 10 heavy (non-hydrogen) atoms. The quantitative estimate of drug-likeness (QED) is 0.687. The minimum absolute atomic E-state index is 0. The second-order valence-corrected chi connectivity index (χ2v) is 2.29. The van der Waals surface area contributed by atoms with Crippen LogP contribution in [0.3, 0.4) is 0 Å². The van der Waals surface area contributed by atoms with Crippen molar-refractivity contribution in [2.45, 2.75) is 5.33 Å². The van der Waals surface area contributed by atoms with Gasteiger partial charge in [-0.15, -0.1) is 17.0 Å². The molecule has 0 saturated heterocycles. The van der Waals surface area contributed by atoms with Crippen LogP contribution in [-0.2, 0) is 5.33 Å². The van der Waals surface area contributed by atoms with Crippen molar-refractivity contribution in [1.29, 1.82) is 0 Å². The summed E-state index contributed by atoms with van der Waals surface area (Å²) in [7, 11) is 0. The van der Waals surface area contributed by atoms with Gasteiger partial charge < -0.3 is 0 Å². The summed E-state index contributed by atoms with van der Waals surface area (Å²) in [5.74, 6) is -0.144. The first kappa shape index (κ1) is 10.1. The van der Waals surface area contributed by atoms with Crippen LogP contribution in [0.4, 0.5) is 4.39 Å². The van der Waals surface area contributed by atoms with Crippen LogP contribution in [0.15, 0.2) is 24.3 Å². The number of hydrogen-bond donors (Lipinski definition) is 0. The molecule has 0 N–H and O–H groups in total. The Labute approximate surface area is 78.3 Å². The maximum absolute atomic E-state index is 12.6. The molecule has 1 rings (SSSR count). The lowest BCUT2D eigenvalue weighted by atomic mass is 10.2. The fourth-order valence-corrected chi connectivity index (χ4v) is 1.06. The highest BCUT2D eigenvalue weighted by Gasteiger charge is 1.94. The fraction of sp³-hybridized carbons (Fsp3) is 0.143. The topological polar surface area (TPSA) is 0 Å². The molecular formula is C7H7Br2F. The Morgan fingerprint density at radius 2 is 1.90 bits per heavy atom. The molecule has 56 valence electrons. The molecule has 0 bridgehead atoms. The van der Waals surface area contributed by atoms with Crippen molar-refractivity contribution < 1.29 is 4.39 Å². The molecule has 0 aliphatic rings. The Kier molecular flexibility index (Phi) is 4.91. The lowest BCUT2D eigenvalue weighted by molar-refractivity contribution is 0.618. The van der Waals surface area contributed by atoms with Gasteiger partial charge in [0.15, 0.2) is 0 Å². The first-order chi connectivity index (χ1) is 4.34. The summed E-state index contributed by atoms with van der Waals surface area (Å²) in [4.78, 5) is 0. The normalized spacial score (nSPS) is 8.60. The number of benzene rings is 1. The molecular weight excluding hydrogens is 263 g/mol. The van der Waals surface area contributed by atoms with E-state index in [1.165, 1.54) is 6.07 Å². The predicted octanol–water partition coefficient (Wildman–Crippen LogP) is 3.30. The molecule has 0 amide bonds. The SMILES string of the molecule is Br.Fc1ccccc1CBr. The van der Waals surface area contributed by atoms with E-state index < -0.39 is 0 Å². The molecule has 0 aliphatic carbocycles. The first-order valence-corrected chi connectivity index (χ1v) is 3.76. The van der Waals surface area contributed by atoms with Crippen LogP contribution in [0.5, 0.6) is 0 Å². The zero-order chi connectivity index (χ0) is 6.69. The molecule has 1 aromatic rings. The minimum atomic E-state index is -0.144. The van der Waals surface area contributed by atoms with Gasteiger partial charge >= 0.3 is 0 Å². The summed E-state index contributed by atoms with van der Waals surface area (Å²) in [6.07, 6.45) is 0. The van der Waals surface area contributed by atoms with Crippen LogP contribution in [0, 0.1) is 5.82 Å². The molecule has 1 aromatic carbocycles. The second kappa shape index (κ2) is 4.85. The van der Waals surface area contributed by atoms with Crippen LogP contribution in [0.1, 0.15) is 5.56 Å². The van der Waals surface area contributed by atoms with Gasteiger partial charge in [-0.1, -0.05) is 34.1 Å². The Hall–Kier alpha value is 0.110. The Balaban J connectivity index is 0.000000810. The van der Waals surface area contributed by atoms with E-state index in [-0.39, 0.29) is 22.8 Å². The average molecular weight is 270 g/mol. The molecule has 0 radical (unpaired) electrons. The van der Waals surface area contributed by atoms with Gasteiger partial charge in [-0.05, 0) is 11.6 Å². The summed E-state index contributed by atoms with van der Waals surface area (Å²) in [6, 6.07) is 6.71. The van der Waals surface area contributed by atoms with E-state index in [9.17, 15) is 4.39 Å². The van der Waals surface area contributed by atoms with Crippen molar-refractivity contribution >= 4 is 32.9 Å². The van der Waals surface area contributed by atoms with Crippen molar-refractivity contribution in [1.82, 2.24) is 0 Å². The van der Waals surface area contributed by atoms with Gasteiger partial charge in [0, 0.05) is 5.33 Å². The lowest BCUT2D eigenvalue weighted by Crippen LogP contribution is -1.81. The molecule has 0 aromatic heterocycles. The van der Waals surface area contributed by atoms with E-state index in [0.29, 0.717) is 10.9 Å². The van der Waals surface area contributed by atoms with Crippen molar-refractivity contribution in [3.63, 3.8) is 0 Å². The summed E-state index contributed by atoms with van der Waals surface area (Å²) < 4.78 is 12.6. The third kappa shape index (κ3) is 2.39. The highest BCUT2D eigenvalue weighted by molar-refractivity contribution is 9.08. The van der Waals surface area contributed by atoms with Crippen LogP contribution >= 0.6 is 32.9 Å². The van der Waals surface area contributed by atoms with E-state index in [1.54, 1.807) is 12.1 Å². The van der Waals surface area contributed by atoms with Gasteiger partial charge in [0.2, 0.25) is 0 Å². The Morgan fingerprint density at radius 3 is 2.30 bits per heavy atom. The van der Waals surface area contributed by atoms with E-state index in [1.807, 2.05) is 6.07 Å². The molecule has 0 spiro atoms. The smallest absolute Gasteiger partial charge is 0.127 e. The summed E-state index contributed by atoms with van der Waals surface area (Å²) >= 11 is 3.17. The van der Waals surface area contributed by atoms with Gasteiger partial charge in [0.25, 0.3) is 0 Å². The zero-order valence-electron chi connectivity index (χ0n) is 5.18. The Bertz CT molecular complexity index is 201. The maximum atomic E-state index is 12.6. The van der Waals surface area contributed by atoms with Gasteiger partial charge in [-0.3, -0.25) is 0 Å². The van der Waals surface area contributed by atoms with E-state index in [4.69, 9.17) is 0 Å². The van der Waals surface area contributed by atoms with Gasteiger partial charge in [0.05, 0.1) is 0 Å². The van der Waals surface area contributed by atoms with E-state index in [0.717, 1.165) is 0 Å². The van der Waals surface area contributed by atoms with Crippen LogP contribution in [-0.4, -0.2) is 0 Å². The van der Waals surface area contributed by atoms with Gasteiger partial charge in [-0.2, -0.15) is 0 Å². The number of rotatable bonds is 1. The average Bonchev–Trinajstić information content (AvgIpc) is 1.89. The minimum Gasteiger partial charge on any atom is -0.207 e. The third-order valence-electron chi connectivity index (χ3n) is 1.10. The molecule has 0 heterocycles. The molecule has 0 fully saturated rings. The largest absolute Gasteiger partial charge is 0.207 e. The van der Waals surface area contributed by atoms with Crippen LogP contribution < -0.4 is 0 Å². The van der Waals surface area contributed by atoms with Crippen LogP contribution in [0.25, 0.3) is 0 Å². The summed E-state index contributed by atoms with van der Waals surface area (Å²) in [5.41, 5.74) is 0.706. The number of alkyl halides is 1. The first-order valence-electron chi connectivity index (χ1n) is 2.64. The lowest BCUT2D eigenvalue weighted by Gasteiger charge is -1.93. The summed E-state index contributed by atoms with van der Waals surface area (Å²) in [6.45, 7) is 0. The second-order valence-electron chi connectivity index (χ2n) is 1.73. The van der Waals surface area contributed by atoms with Gasteiger partial charge in [0.1, 0.15) is 5.82 Å². The molecule has 0 unspecified atom stereocenters. The van der Waals surface area contributed by atoms with Gasteiger partial charge in [-0.25, -0.2) is 4.39 Å². The monoisotopic (exact) mass is 268 g/mol. The maximum Gasteiger partial charge on any atom is 0.127 e. The van der Waals surface area contributed by atoms with Crippen molar-refractivity contribution in [2.75, 3.05) is 0 Å². The third-order valence-corrected chi connectivity index (χ3v) is 1.71. The molecule has 3 heteroatoms. The van der Waals surface area contributed by atoms with Crippen molar-refractivity contribution in [2.24, 2.45) is 0 Å². The number of halogens is 3. The molecule has 0 nitrogen and oxygen atoms in total. The van der Waals surface area contributed by atoms with E-state index in [2.05, 4.69) is 15.9 Å².